The first-order valence-electron chi connectivity index (χ1n) is 14.7. The van der Waals surface area contributed by atoms with Gasteiger partial charge in [-0.1, -0.05) is 71.7 Å². The van der Waals surface area contributed by atoms with Crippen molar-refractivity contribution in [1.29, 1.82) is 0 Å². The maximum absolute atomic E-state index is 13.0. The predicted octanol–water partition coefficient (Wildman–Crippen LogP) is 8.71. The molecule has 2 aromatic carbocycles. The van der Waals surface area contributed by atoms with E-state index < -0.39 is 30.7 Å². The quantitative estimate of drug-likeness (QED) is 0.166. The Hall–Kier alpha value is -3.35. The lowest BCUT2D eigenvalue weighted by Gasteiger charge is -2.41. The molecule has 0 heterocycles. The van der Waals surface area contributed by atoms with Gasteiger partial charge in [0.1, 0.15) is 19.6 Å². The molecular formula is C36H50O5Si. The van der Waals surface area contributed by atoms with Crippen LogP contribution in [0, 0.1) is 23.3 Å². The highest BCUT2D eigenvalue weighted by Gasteiger charge is 2.50. The summed E-state index contributed by atoms with van der Waals surface area (Å²) in [6.45, 7) is 21.7. The molecule has 0 aliphatic carbocycles. The van der Waals surface area contributed by atoms with E-state index in [1.165, 1.54) is 7.11 Å². The molecule has 0 fully saturated rings. The minimum absolute atomic E-state index is 0.383. The van der Waals surface area contributed by atoms with Gasteiger partial charge in [0.15, 0.2) is 0 Å². The van der Waals surface area contributed by atoms with Gasteiger partial charge in [0.05, 0.1) is 32.2 Å². The average Bonchev–Trinajstić information content (AvgIpc) is 2.95. The smallest absolute Gasteiger partial charge is 0.497 e. The fourth-order valence-electron chi connectivity index (χ4n) is 5.85. The number of carbonyl (C=O) groups is 1. The summed E-state index contributed by atoms with van der Waals surface area (Å²) < 4.78 is 22.1. The SMILES string of the molecule is COC(=O)OC(C#CC(C)(C)c1ccc(OC)cc1)(C#C[Si](C(C)C)(C(C)C)C(C)C)C(C)(C)c1ccc(OC)cc1. The first-order valence-corrected chi connectivity index (χ1v) is 16.9. The second-order valence-electron chi connectivity index (χ2n) is 12.8. The Morgan fingerprint density at radius 3 is 1.48 bits per heavy atom. The van der Waals surface area contributed by atoms with Crippen molar-refractivity contribution in [2.24, 2.45) is 0 Å². The Bertz CT molecular complexity index is 1290. The van der Waals surface area contributed by atoms with Crippen LogP contribution in [-0.4, -0.2) is 41.2 Å². The van der Waals surface area contributed by atoms with E-state index in [-0.39, 0.29) is 0 Å². The van der Waals surface area contributed by atoms with Crippen LogP contribution in [-0.2, 0) is 20.3 Å². The third-order valence-electron chi connectivity index (χ3n) is 8.78. The Morgan fingerprint density at radius 1 is 0.667 bits per heavy atom. The van der Waals surface area contributed by atoms with E-state index >= 15 is 0 Å². The standard InChI is InChI=1S/C36H50O5Si/c1-26(2)42(27(3)4,28(5)6)25-24-36(41-33(37)40-13,35(9,10)30-16-20-32(39-12)21-17-30)23-22-34(7,8)29-14-18-31(38-11)19-15-29/h14-21,26-28H,1-13H3. The Labute approximate surface area is 255 Å². The van der Waals surface area contributed by atoms with Crippen molar-refractivity contribution in [2.45, 2.75) is 102 Å². The van der Waals surface area contributed by atoms with E-state index in [2.05, 4.69) is 64.8 Å². The zero-order valence-electron chi connectivity index (χ0n) is 27.9. The van der Waals surface area contributed by atoms with Crippen molar-refractivity contribution in [3.63, 3.8) is 0 Å². The summed E-state index contributed by atoms with van der Waals surface area (Å²) in [5.41, 5.74) is 3.91. The molecule has 2 rings (SSSR count). The van der Waals surface area contributed by atoms with Crippen LogP contribution in [0.25, 0.3) is 0 Å². The molecule has 0 bridgehead atoms. The lowest BCUT2D eigenvalue weighted by Crippen LogP contribution is -2.51. The summed E-state index contributed by atoms with van der Waals surface area (Å²) >= 11 is 0. The zero-order valence-corrected chi connectivity index (χ0v) is 28.9. The van der Waals surface area contributed by atoms with Crippen molar-refractivity contribution < 1.29 is 23.7 Å². The molecule has 0 N–H and O–H groups in total. The highest BCUT2D eigenvalue weighted by Crippen LogP contribution is 2.43. The average molecular weight is 591 g/mol. The minimum atomic E-state index is -2.24. The number of hydrogen-bond acceptors (Lipinski definition) is 5. The maximum atomic E-state index is 13.0. The van der Waals surface area contributed by atoms with Crippen molar-refractivity contribution in [3.8, 4) is 34.8 Å². The van der Waals surface area contributed by atoms with E-state index in [1.807, 2.05) is 76.2 Å². The summed E-state index contributed by atoms with van der Waals surface area (Å²) in [4.78, 5) is 13.0. The normalized spacial score (nSPS) is 13.4. The molecule has 0 aromatic heterocycles. The molecule has 0 aliphatic heterocycles. The molecule has 42 heavy (non-hydrogen) atoms. The molecule has 0 saturated heterocycles. The third kappa shape index (κ3) is 7.16. The largest absolute Gasteiger partial charge is 0.510 e. The molecule has 0 saturated carbocycles. The Morgan fingerprint density at radius 2 is 1.10 bits per heavy atom. The molecule has 0 radical (unpaired) electrons. The van der Waals surface area contributed by atoms with Gasteiger partial charge in [-0.05, 0) is 91.6 Å². The van der Waals surface area contributed by atoms with Crippen LogP contribution < -0.4 is 9.47 Å². The molecule has 6 heteroatoms. The third-order valence-corrected chi connectivity index (χ3v) is 15.1. The number of ether oxygens (including phenoxy) is 4. The van der Waals surface area contributed by atoms with E-state index in [1.54, 1.807) is 14.2 Å². The summed E-state index contributed by atoms with van der Waals surface area (Å²) in [5, 5.41) is 0. The van der Waals surface area contributed by atoms with E-state index in [9.17, 15) is 4.79 Å². The molecule has 0 amide bonds. The molecule has 2 aromatic rings. The second kappa shape index (κ2) is 13.7. The topological polar surface area (TPSA) is 54.0 Å². The van der Waals surface area contributed by atoms with E-state index in [4.69, 9.17) is 18.9 Å². The van der Waals surface area contributed by atoms with Crippen LogP contribution in [0.1, 0.15) is 80.4 Å². The Balaban J connectivity index is 2.99. The van der Waals surface area contributed by atoms with Gasteiger partial charge in [-0.3, -0.25) is 0 Å². The van der Waals surface area contributed by atoms with E-state index in [0.717, 1.165) is 22.6 Å². The summed E-state index contributed by atoms with van der Waals surface area (Å²) in [6.07, 6.45) is -0.826. The fraction of sp³-hybridized carbons (Fsp3) is 0.528. The van der Waals surface area contributed by atoms with E-state index in [0.29, 0.717) is 16.6 Å². The first kappa shape index (κ1) is 34.8. The van der Waals surface area contributed by atoms with Crippen LogP contribution in [0.3, 0.4) is 0 Å². The van der Waals surface area contributed by atoms with Gasteiger partial charge in [-0.2, -0.15) is 0 Å². The lowest BCUT2D eigenvalue weighted by molar-refractivity contribution is 0.000275. The number of carbonyl (C=O) groups excluding carboxylic acids is 1. The molecule has 228 valence electrons. The Kier molecular flexibility index (Phi) is 11.4. The van der Waals surface area contributed by atoms with Crippen molar-refractivity contribution in [1.82, 2.24) is 0 Å². The number of methoxy groups -OCH3 is 3. The molecular weight excluding hydrogens is 540 g/mol. The van der Waals surface area contributed by atoms with Gasteiger partial charge >= 0.3 is 6.16 Å². The molecule has 1 atom stereocenters. The van der Waals surface area contributed by atoms with Gasteiger partial charge in [0, 0.05) is 0 Å². The highest BCUT2D eigenvalue weighted by atomic mass is 28.3. The van der Waals surface area contributed by atoms with Crippen LogP contribution in [0.5, 0.6) is 11.5 Å². The van der Waals surface area contributed by atoms with Crippen LogP contribution >= 0.6 is 0 Å². The fourth-order valence-corrected chi connectivity index (χ4v) is 11.1. The molecule has 0 aliphatic rings. The van der Waals surface area contributed by atoms with Crippen LogP contribution in [0.2, 0.25) is 16.6 Å². The molecule has 1 unspecified atom stereocenters. The van der Waals surface area contributed by atoms with Gasteiger partial charge in [-0.15, -0.1) is 5.54 Å². The van der Waals surface area contributed by atoms with Gasteiger partial charge in [0.25, 0.3) is 0 Å². The summed E-state index contributed by atoms with van der Waals surface area (Å²) in [7, 11) is 2.36. The first-order chi connectivity index (χ1) is 19.5. The summed E-state index contributed by atoms with van der Waals surface area (Å²) in [5.74, 6) is 12.0. The lowest BCUT2D eigenvalue weighted by atomic mass is 9.69. The monoisotopic (exact) mass is 590 g/mol. The van der Waals surface area contributed by atoms with Crippen molar-refractivity contribution >= 4 is 14.2 Å². The molecule has 0 spiro atoms. The number of hydrogen-bond donors (Lipinski definition) is 0. The maximum Gasteiger partial charge on any atom is 0.510 e. The van der Waals surface area contributed by atoms with Gasteiger partial charge in [-0.25, -0.2) is 4.79 Å². The van der Waals surface area contributed by atoms with Crippen LogP contribution in [0.4, 0.5) is 4.79 Å². The van der Waals surface area contributed by atoms with Crippen molar-refractivity contribution in [3.05, 3.63) is 59.7 Å². The number of rotatable bonds is 9. The molecule has 5 nitrogen and oxygen atoms in total. The number of benzene rings is 2. The van der Waals surface area contributed by atoms with Crippen molar-refractivity contribution in [2.75, 3.05) is 21.3 Å². The minimum Gasteiger partial charge on any atom is -0.497 e. The summed E-state index contributed by atoms with van der Waals surface area (Å²) in [6, 6.07) is 15.6. The van der Waals surface area contributed by atoms with Gasteiger partial charge in [0.2, 0.25) is 5.60 Å². The predicted molar refractivity (Wildman–Crippen MR) is 175 cm³/mol. The second-order valence-corrected chi connectivity index (χ2v) is 18.4. The zero-order chi connectivity index (χ0) is 31.9. The highest BCUT2D eigenvalue weighted by molar-refractivity contribution is 6.90. The van der Waals surface area contributed by atoms with Crippen LogP contribution in [0.15, 0.2) is 48.5 Å². The van der Waals surface area contributed by atoms with Gasteiger partial charge < -0.3 is 18.9 Å².